The van der Waals surface area contributed by atoms with Crippen molar-refractivity contribution in [3.63, 3.8) is 0 Å². The van der Waals surface area contributed by atoms with Gasteiger partial charge in [-0.2, -0.15) is 5.10 Å². The summed E-state index contributed by atoms with van der Waals surface area (Å²) in [6, 6.07) is 0. The lowest BCUT2D eigenvalue weighted by molar-refractivity contribution is -0.136. The molecule has 0 aliphatic carbocycles. The third kappa shape index (κ3) is 3.85. The standard InChI is InChI=1S/C10H16N2O4S/c1-3-12-6-9(5-11-12)7-17(15,16)8(2)4-10(13)14/h5-6,8H,3-4,7H2,1-2H3,(H,13,14). The molecule has 0 radical (unpaired) electrons. The molecular weight excluding hydrogens is 244 g/mol. The number of carboxylic acid groups (broad SMARTS) is 1. The van der Waals surface area contributed by atoms with Crippen LogP contribution in [0, 0.1) is 0 Å². The first-order valence-electron chi connectivity index (χ1n) is 5.30. The monoisotopic (exact) mass is 260 g/mol. The summed E-state index contributed by atoms with van der Waals surface area (Å²) in [6.07, 6.45) is 2.78. The molecule has 0 saturated carbocycles. The predicted molar refractivity (Wildman–Crippen MR) is 62.2 cm³/mol. The van der Waals surface area contributed by atoms with Crippen LogP contribution < -0.4 is 0 Å². The van der Waals surface area contributed by atoms with E-state index in [0.717, 1.165) is 0 Å². The maximum absolute atomic E-state index is 11.8. The van der Waals surface area contributed by atoms with Gasteiger partial charge in [0.25, 0.3) is 0 Å². The highest BCUT2D eigenvalue weighted by Crippen LogP contribution is 2.13. The Morgan fingerprint density at radius 2 is 2.24 bits per heavy atom. The molecule has 17 heavy (non-hydrogen) atoms. The van der Waals surface area contributed by atoms with Gasteiger partial charge < -0.3 is 5.11 Å². The summed E-state index contributed by atoms with van der Waals surface area (Å²) in [4.78, 5) is 10.5. The molecule has 0 saturated heterocycles. The first-order chi connectivity index (χ1) is 7.85. The molecule has 1 atom stereocenters. The minimum absolute atomic E-state index is 0.165. The summed E-state index contributed by atoms with van der Waals surface area (Å²) in [5, 5.41) is 11.7. The number of aromatic nitrogens is 2. The number of nitrogens with zero attached hydrogens (tertiary/aromatic N) is 2. The lowest BCUT2D eigenvalue weighted by Gasteiger charge is -2.09. The number of hydrogen-bond donors (Lipinski definition) is 1. The number of aryl methyl sites for hydroxylation is 1. The summed E-state index contributed by atoms with van der Waals surface area (Å²) in [5.74, 6) is -1.27. The van der Waals surface area contributed by atoms with Crippen LogP contribution in [0.2, 0.25) is 0 Å². The normalized spacial score (nSPS) is 13.5. The second kappa shape index (κ2) is 5.31. The molecule has 1 N–H and O–H groups in total. The molecule has 0 amide bonds. The third-order valence-corrected chi connectivity index (χ3v) is 4.58. The Hall–Kier alpha value is -1.37. The quantitative estimate of drug-likeness (QED) is 0.812. The fourth-order valence-electron chi connectivity index (χ4n) is 1.40. The van der Waals surface area contributed by atoms with E-state index in [1.807, 2.05) is 6.92 Å². The Labute approximate surface area is 100 Å². The van der Waals surface area contributed by atoms with Gasteiger partial charge in [-0.15, -0.1) is 0 Å². The van der Waals surface area contributed by atoms with Crippen LogP contribution in [0.5, 0.6) is 0 Å². The van der Waals surface area contributed by atoms with Gasteiger partial charge >= 0.3 is 5.97 Å². The predicted octanol–water partition coefficient (Wildman–Crippen LogP) is 0.681. The van der Waals surface area contributed by atoms with Crippen LogP contribution in [0.1, 0.15) is 25.8 Å². The second-order valence-corrected chi connectivity index (χ2v) is 6.34. The summed E-state index contributed by atoms with van der Waals surface area (Å²) in [5.41, 5.74) is 0.587. The number of carbonyl (C=O) groups is 1. The van der Waals surface area contributed by atoms with Crippen LogP contribution >= 0.6 is 0 Å². The van der Waals surface area contributed by atoms with Crippen LogP contribution in [0.25, 0.3) is 0 Å². The Morgan fingerprint density at radius 3 is 2.71 bits per heavy atom. The first-order valence-corrected chi connectivity index (χ1v) is 7.01. The molecule has 0 aliphatic rings. The third-order valence-electron chi connectivity index (χ3n) is 2.45. The topological polar surface area (TPSA) is 89.3 Å². The maximum atomic E-state index is 11.8. The van der Waals surface area contributed by atoms with Gasteiger partial charge in [0.1, 0.15) is 0 Å². The Bertz CT molecular complexity index is 492. The highest BCUT2D eigenvalue weighted by Gasteiger charge is 2.24. The molecule has 0 aromatic carbocycles. The second-order valence-electron chi connectivity index (χ2n) is 3.92. The van der Waals surface area contributed by atoms with Crippen LogP contribution in [-0.2, 0) is 26.9 Å². The summed E-state index contributed by atoms with van der Waals surface area (Å²) >= 11 is 0. The van der Waals surface area contributed by atoms with Gasteiger partial charge in [0.15, 0.2) is 9.84 Å². The number of rotatable bonds is 6. The van der Waals surface area contributed by atoms with Gasteiger partial charge in [0.2, 0.25) is 0 Å². The molecule has 7 heteroatoms. The number of aliphatic carboxylic acids is 1. The number of hydrogen-bond acceptors (Lipinski definition) is 4. The molecule has 6 nitrogen and oxygen atoms in total. The van der Waals surface area contributed by atoms with Gasteiger partial charge in [0, 0.05) is 18.3 Å². The smallest absolute Gasteiger partial charge is 0.304 e. The molecule has 1 heterocycles. The molecule has 0 fully saturated rings. The van der Waals surface area contributed by atoms with Crippen molar-refractivity contribution in [1.82, 2.24) is 9.78 Å². The molecule has 0 aliphatic heterocycles. The van der Waals surface area contributed by atoms with Crippen molar-refractivity contribution in [3.05, 3.63) is 18.0 Å². The lowest BCUT2D eigenvalue weighted by atomic mass is 10.3. The molecule has 0 spiro atoms. The lowest BCUT2D eigenvalue weighted by Crippen LogP contribution is -2.22. The van der Waals surface area contributed by atoms with Crippen LogP contribution in [0.4, 0.5) is 0 Å². The maximum Gasteiger partial charge on any atom is 0.304 e. The number of carboxylic acids is 1. The highest BCUT2D eigenvalue weighted by molar-refractivity contribution is 7.91. The van der Waals surface area contributed by atoms with Gasteiger partial charge in [-0.1, -0.05) is 0 Å². The summed E-state index contributed by atoms with van der Waals surface area (Å²) < 4.78 is 25.3. The zero-order valence-electron chi connectivity index (χ0n) is 9.83. The Morgan fingerprint density at radius 1 is 1.59 bits per heavy atom. The fourth-order valence-corrected chi connectivity index (χ4v) is 2.70. The van der Waals surface area contributed by atoms with E-state index in [-0.39, 0.29) is 12.2 Å². The van der Waals surface area contributed by atoms with E-state index in [4.69, 9.17) is 5.11 Å². The van der Waals surface area contributed by atoms with E-state index in [2.05, 4.69) is 5.10 Å². The van der Waals surface area contributed by atoms with E-state index >= 15 is 0 Å². The van der Waals surface area contributed by atoms with Crippen molar-refractivity contribution < 1.29 is 18.3 Å². The van der Waals surface area contributed by atoms with Crippen molar-refractivity contribution in [3.8, 4) is 0 Å². The van der Waals surface area contributed by atoms with Crippen LogP contribution in [0.15, 0.2) is 12.4 Å². The van der Waals surface area contributed by atoms with E-state index in [1.54, 1.807) is 10.9 Å². The van der Waals surface area contributed by atoms with Gasteiger partial charge in [-0.25, -0.2) is 8.42 Å². The average Bonchev–Trinajstić information content (AvgIpc) is 2.63. The molecular formula is C10H16N2O4S. The molecule has 96 valence electrons. The SMILES string of the molecule is CCn1cc(CS(=O)(=O)C(C)CC(=O)O)cn1. The van der Waals surface area contributed by atoms with Crippen LogP contribution in [0.3, 0.4) is 0 Å². The van der Waals surface area contributed by atoms with Crippen molar-refractivity contribution >= 4 is 15.8 Å². The van der Waals surface area contributed by atoms with E-state index in [1.165, 1.54) is 13.1 Å². The minimum atomic E-state index is -3.44. The van der Waals surface area contributed by atoms with Crippen molar-refractivity contribution in [2.75, 3.05) is 0 Å². The minimum Gasteiger partial charge on any atom is -0.481 e. The summed E-state index contributed by atoms with van der Waals surface area (Å²) in [6.45, 7) is 3.98. The molecule has 1 aromatic heterocycles. The molecule has 1 rings (SSSR count). The zero-order chi connectivity index (χ0) is 13.1. The van der Waals surface area contributed by atoms with E-state index < -0.39 is 21.1 Å². The molecule has 1 aromatic rings. The molecule has 0 bridgehead atoms. The Kier molecular flexibility index (Phi) is 4.28. The average molecular weight is 260 g/mol. The van der Waals surface area contributed by atoms with Crippen molar-refractivity contribution in [1.29, 1.82) is 0 Å². The highest BCUT2D eigenvalue weighted by atomic mass is 32.2. The molecule has 1 unspecified atom stereocenters. The largest absolute Gasteiger partial charge is 0.481 e. The van der Waals surface area contributed by atoms with Gasteiger partial charge in [-0.3, -0.25) is 9.48 Å². The first kappa shape index (κ1) is 13.7. The zero-order valence-corrected chi connectivity index (χ0v) is 10.6. The van der Waals surface area contributed by atoms with Crippen LogP contribution in [-0.4, -0.2) is 34.5 Å². The fraction of sp³-hybridized carbons (Fsp3) is 0.600. The Balaban J connectivity index is 2.75. The summed E-state index contributed by atoms with van der Waals surface area (Å²) in [7, 11) is -3.44. The van der Waals surface area contributed by atoms with Gasteiger partial charge in [0.05, 0.1) is 23.6 Å². The van der Waals surface area contributed by atoms with Crippen molar-refractivity contribution in [2.24, 2.45) is 0 Å². The number of sulfone groups is 1. The van der Waals surface area contributed by atoms with Gasteiger partial charge in [-0.05, 0) is 13.8 Å². The van der Waals surface area contributed by atoms with E-state index in [9.17, 15) is 13.2 Å². The van der Waals surface area contributed by atoms with Crippen molar-refractivity contribution in [2.45, 2.75) is 37.8 Å². The van der Waals surface area contributed by atoms with E-state index in [0.29, 0.717) is 12.1 Å².